The maximum Gasteiger partial charge on any atom is 0.335 e. The number of benzene rings is 2. The molecule has 1 aliphatic heterocycles. The van der Waals surface area contributed by atoms with Crippen LogP contribution in [0.1, 0.15) is 16.8 Å². The molecule has 1 atom stereocenters. The summed E-state index contributed by atoms with van der Waals surface area (Å²) in [6.45, 7) is 0. The monoisotopic (exact) mass is 376 g/mol. The molecule has 0 saturated carbocycles. The maximum atomic E-state index is 12.2. The van der Waals surface area contributed by atoms with E-state index in [4.69, 9.17) is 16.7 Å². The number of amides is 2. The second-order valence-electron chi connectivity index (χ2n) is 5.37. The molecule has 8 heteroatoms. The van der Waals surface area contributed by atoms with Crippen molar-refractivity contribution in [2.24, 2.45) is 0 Å². The first-order valence-corrected chi connectivity index (χ1v) is 8.58. The molecule has 0 aliphatic carbocycles. The van der Waals surface area contributed by atoms with Crippen LogP contribution in [0.15, 0.2) is 47.4 Å². The number of anilines is 2. The standard InChI is InChI=1S/C17H13ClN2O4S/c18-10-2-4-11(5-3-10)19-15(21)8-14-16(22)20-12-6-1-9(17(23)24)7-13(12)25-14/h1-7,14H,8H2,(H,19,21)(H,20,22)(H,23,24)/t14-/m0/s1. The van der Waals surface area contributed by atoms with Gasteiger partial charge in [-0.3, -0.25) is 9.59 Å². The molecule has 0 saturated heterocycles. The Morgan fingerprint density at radius 1 is 1.20 bits per heavy atom. The van der Waals surface area contributed by atoms with Crippen LogP contribution in [0.3, 0.4) is 0 Å². The third kappa shape index (κ3) is 4.12. The van der Waals surface area contributed by atoms with Gasteiger partial charge in [0.25, 0.3) is 0 Å². The molecule has 3 N–H and O–H groups in total. The minimum Gasteiger partial charge on any atom is -0.478 e. The lowest BCUT2D eigenvalue weighted by molar-refractivity contribution is -0.120. The van der Waals surface area contributed by atoms with E-state index in [-0.39, 0.29) is 23.8 Å². The van der Waals surface area contributed by atoms with E-state index >= 15 is 0 Å². The molecule has 3 rings (SSSR count). The van der Waals surface area contributed by atoms with Gasteiger partial charge in [-0.2, -0.15) is 0 Å². The fraction of sp³-hybridized carbons (Fsp3) is 0.118. The van der Waals surface area contributed by atoms with Crippen LogP contribution >= 0.6 is 23.4 Å². The van der Waals surface area contributed by atoms with E-state index in [1.165, 1.54) is 23.9 Å². The topological polar surface area (TPSA) is 95.5 Å². The van der Waals surface area contributed by atoms with Crippen molar-refractivity contribution in [2.75, 3.05) is 10.6 Å². The van der Waals surface area contributed by atoms with Gasteiger partial charge in [0, 0.05) is 22.0 Å². The Balaban J connectivity index is 1.69. The number of rotatable bonds is 4. The molecule has 0 radical (unpaired) electrons. The van der Waals surface area contributed by atoms with Gasteiger partial charge in [-0.1, -0.05) is 11.6 Å². The lowest BCUT2D eigenvalue weighted by atomic mass is 10.2. The number of thioether (sulfide) groups is 1. The van der Waals surface area contributed by atoms with Gasteiger partial charge in [0.15, 0.2) is 0 Å². The van der Waals surface area contributed by atoms with Crippen molar-refractivity contribution < 1.29 is 19.5 Å². The lowest BCUT2D eigenvalue weighted by Gasteiger charge is -2.24. The lowest BCUT2D eigenvalue weighted by Crippen LogP contribution is -2.32. The van der Waals surface area contributed by atoms with Crippen LogP contribution in [-0.4, -0.2) is 28.1 Å². The van der Waals surface area contributed by atoms with Crippen molar-refractivity contribution in [3.8, 4) is 0 Å². The highest BCUT2D eigenvalue weighted by atomic mass is 35.5. The Morgan fingerprint density at radius 2 is 1.92 bits per heavy atom. The molecule has 2 amide bonds. The van der Waals surface area contributed by atoms with Crippen molar-refractivity contribution in [1.82, 2.24) is 0 Å². The highest BCUT2D eigenvalue weighted by Crippen LogP contribution is 2.37. The normalized spacial score (nSPS) is 15.9. The molecule has 0 spiro atoms. The largest absolute Gasteiger partial charge is 0.478 e. The van der Waals surface area contributed by atoms with E-state index in [0.717, 1.165) is 0 Å². The molecule has 1 aliphatic rings. The summed E-state index contributed by atoms with van der Waals surface area (Å²) in [5.41, 5.74) is 1.27. The third-order valence-electron chi connectivity index (χ3n) is 3.55. The fourth-order valence-electron chi connectivity index (χ4n) is 2.32. The van der Waals surface area contributed by atoms with Crippen molar-refractivity contribution in [1.29, 1.82) is 0 Å². The quantitative estimate of drug-likeness (QED) is 0.759. The van der Waals surface area contributed by atoms with Crippen molar-refractivity contribution in [3.63, 3.8) is 0 Å². The van der Waals surface area contributed by atoms with Crippen LogP contribution in [0.25, 0.3) is 0 Å². The van der Waals surface area contributed by atoms with Crippen molar-refractivity contribution >= 4 is 52.5 Å². The molecule has 2 aromatic carbocycles. The molecular weight excluding hydrogens is 364 g/mol. The van der Waals surface area contributed by atoms with Gasteiger partial charge in [0.05, 0.1) is 16.5 Å². The van der Waals surface area contributed by atoms with Gasteiger partial charge in [-0.25, -0.2) is 4.79 Å². The predicted octanol–water partition coefficient (Wildman–Crippen LogP) is 3.48. The van der Waals surface area contributed by atoms with E-state index in [0.29, 0.717) is 21.3 Å². The summed E-state index contributed by atoms with van der Waals surface area (Å²) in [6.07, 6.45) is -0.0319. The molecule has 25 heavy (non-hydrogen) atoms. The summed E-state index contributed by atoms with van der Waals surface area (Å²) in [7, 11) is 0. The molecule has 2 aromatic rings. The first kappa shape index (κ1) is 17.3. The molecule has 0 aromatic heterocycles. The average Bonchev–Trinajstić information content (AvgIpc) is 2.57. The van der Waals surface area contributed by atoms with Crippen LogP contribution in [0.5, 0.6) is 0 Å². The fourth-order valence-corrected chi connectivity index (χ4v) is 3.60. The Kier molecular flexibility index (Phi) is 4.96. The zero-order valence-corrected chi connectivity index (χ0v) is 14.4. The number of nitrogens with one attached hydrogen (secondary N) is 2. The number of hydrogen-bond acceptors (Lipinski definition) is 4. The summed E-state index contributed by atoms with van der Waals surface area (Å²) in [5.74, 6) is -1.64. The van der Waals surface area contributed by atoms with Crippen LogP contribution in [0, 0.1) is 0 Å². The highest BCUT2D eigenvalue weighted by Gasteiger charge is 2.29. The summed E-state index contributed by atoms with van der Waals surface area (Å²) >= 11 is 6.98. The van der Waals surface area contributed by atoms with Crippen LogP contribution < -0.4 is 10.6 Å². The van der Waals surface area contributed by atoms with E-state index < -0.39 is 11.2 Å². The molecule has 128 valence electrons. The van der Waals surface area contributed by atoms with E-state index in [1.807, 2.05) is 0 Å². The van der Waals surface area contributed by atoms with Gasteiger partial charge in [-0.05, 0) is 42.5 Å². The van der Waals surface area contributed by atoms with Crippen LogP contribution in [0.4, 0.5) is 11.4 Å². The Bertz CT molecular complexity index is 854. The van der Waals surface area contributed by atoms with Crippen molar-refractivity contribution in [3.05, 3.63) is 53.1 Å². The van der Waals surface area contributed by atoms with Gasteiger partial charge >= 0.3 is 5.97 Å². The number of carbonyl (C=O) groups is 3. The maximum absolute atomic E-state index is 12.2. The second kappa shape index (κ2) is 7.16. The number of carboxylic acids is 1. The average molecular weight is 377 g/mol. The molecular formula is C17H13ClN2O4S. The number of carboxylic acid groups (broad SMARTS) is 1. The number of halogens is 1. The highest BCUT2D eigenvalue weighted by molar-refractivity contribution is 8.01. The van der Waals surface area contributed by atoms with Crippen LogP contribution in [0.2, 0.25) is 5.02 Å². The Hall–Kier alpha value is -2.51. The minimum absolute atomic E-state index is 0.0319. The summed E-state index contributed by atoms with van der Waals surface area (Å²) < 4.78 is 0. The first-order valence-electron chi connectivity index (χ1n) is 7.32. The Labute approximate surface area is 152 Å². The SMILES string of the molecule is O=C(C[C@@H]1Sc2cc(C(=O)O)ccc2NC1=O)Nc1ccc(Cl)cc1. The predicted molar refractivity (Wildman–Crippen MR) is 96.4 cm³/mol. The molecule has 6 nitrogen and oxygen atoms in total. The summed E-state index contributed by atoms with van der Waals surface area (Å²) in [5, 5.41) is 14.4. The number of hydrogen-bond donors (Lipinski definition) is 3. The second-order valence-corrected chi connectivity index (χ2v) is 7.05. The van der Waals surface area contributed by atoms with E-state index in [2.05, 4.69) is 10.6 Å². The van der Waals surface area contributed by atoms with Gasteiger partial charge < -0.3 is 15.7 Å². The minimum atomic E-state index is -1.04. The zero-order chi connectivity index (χ0) is 18.0. The number of carbonyl (C=O) groups excluding carboxylic acids is 2. The summed E-state index contributed by atoms with van der Waals surface area (Å²) in [4.78, 5) is 36.0. The molecule has 0 bridgehead atoms. The van der Waals surface area contributed by atoms with Crippen LogP contribution in [-0.2, 0) is 9.59 Å². The molecule has 0 fully saturated rings. The number of fused-ring (bicyclic) bond motifs is 1. The number of aromatic carboxylic acids is 1. The molecule has 1 heterocycles. The van der Waals surface area contributed by atoms with Gasteiger partial charge in [-0.15, -0.1) is 11.8 Å². The first-order chi connectivity index (χ1) is 11.9. The van der Waals surface area contributed by atoms with Gasteiger partial charge in [0.2, 0.25) is 11.8 Å². The summed E-state index contributed by atoms with van der Waals surface area (Å²) in [6, 6.07) is 11.1. The van der Waals surface area contributed by atoms with Gasteiger partial charge in [0.1, 0.15) is 0 Å². The third-order valence-corrected chi connectivity index (χ3v) is 5.06. The zero-order valence-electron chi connectivity index (χ0n) is 12.8. The smallest absolute Gasteiger partial charge is 0.335 e. The van der Waals surface area contributed by atoms with Crippen molar-refractivity contribution in [2.45, 2.75) is 16.6 Å². The van der Waals surface area contributed by atoms with E-state index in [1.54, 1.807) is 30.3 Å². The molecule has 0 unspecified atom stereocenters. The van der Waals surface area contributed by atoms with E-state index in [9.17, 15) is 14.4 Å². The Morgan fingerprint density at radius 3 is 2.60 bits per heavy atom.